The Kier molecular flexibility index (Phi) is 8.80. The minimum Gasteiger partial charge on any atom is -0.494 e. The van der Waals surface area contributed by atoms with E-state index >= 15 is 0 Å². The van der Waals surface area contributed by atoms with E-state index in [1.165, 1.54) is 18.5 Å². The fraction of sp³-hybridized carbons (Fsp3) is 0.727. The summed E-state index contributed by atoms with van der Waals surface area (Å²) in [7, 11) is -2.58. The molecule has 2 aliphatic rings. The van der Waals surface area contributed by atoms with Crippen LogP contribution in [0.3, 0.4) is 0 Å². The topological polar surface area (TPSA) is 52.7 Å². The van der Waals surface area contributed by atoms with E-state index in [9.17, 15) is 0 Å². The highest BCUT2D eigenvalue weighted by atomic mass is 28.4. The average molecular weight is 424 g/mol. The summed E-state index contributed by atoms with van der Waals surface area (Å²) in [5, 5.41) is 0. The largest absolute Gasteiger partial charge is 0.501 e. The van der Waals surface area contributed by atoms with Gasteiger partial charge in [0.05, 0.1) is 19.3 Å². The molecule has 0 amide bonds. The Hall–Kier alpha value is -1.12. The first-order chi connectivity index (χ1) is 14.2. The molecular weight excluding hydrogens is 386 g/mol. The molecule has 1 unspecified atom stereocenters. The van der Waals surface area contributed by atoms with E-state index in [2.05, 4.69) is 29.2 Å². The van der Waals surface area contributed by atoms with Gasteiger partial charge in [0, 0.05) is 44.6 Å². The van der Waals surface area contributed by atoms with Gasteiger partial charge < -0.3 is 27.7 Å². The third kappa shape index (κ3) is 7.57. The van der Waals surface area contributed by atoms with E-state index in [1.807, 2.05) is 20.8 Å². The summed E-state index contributed by atoms with van der Waals surface area (Å²) in [5.74, 6) is 1.76. The number of rotatable bonds is 16. The molecule has 164 valence electrons. The Balaban J connectivity index is 1.46. The fourth-order valence-electron chi connectivity index (χ4n) is 3.55. The molecule has 29 heavy (non-hydrogen) atoms. The van der Waals surface area contributed by atoms with Crippen LogP contribution < -0.4 is 9.64 Å². The lowest BCUT2D eigenvalue weighted by Crippen LogP contribution is -2.46. The fourth-order valence-corrected chi connectivity index (χ4v) is 6.13. The minimum atomic E-state index is -2.58. The van der Waals surface area contributed by atoms with Crippen LogP contribution in [0, 0.1) is 5.92 Å². The van der Waals surface area contributed by atoms with Crippen LogP contribution in [0.1, 0.15) is 40.0 Å². The minimum absolute atomic E-state index is 0.412. The quantitative estimate of drug-likeness (QED) is 0.226. The Morgan fingerprint density at radius 1 is 0.966 bits per heavy atom. The third-order valence-corrected chi connectivity index (χ3v) is 8.34. The average Bonchev–Trinajstić information content (AvgIpc) is 3.63. The van der Waals surface area contributed by atoms with Gasteiger partial charge in [-0.25, -0.2) is 0 Å². The molecule has 6 nitrogen and oxygen atoms in total. The van der Waals surface area contributed by atoms with Crippen molar-refractivity contribution in [2.24, 2.45) is 5.92 Å². The van der Waals surface area contributed by atoms with E-state index in [4.69, 9.17) is 22.8 Å². The van der Waals surface area contributed by atoms with Crippen LogP contribution in [-0.2, 0) is 18.0 Å². The second kappa shape index (κ2) is 11.3. The number of epoxide rings is 1. The Morgan fingerprint density at radius 2 is 1.59 bits per heavy atom. The molecule has 1 aromatic rings. The van der Waals surface area contributed by atoms with Gasteiger partial charge in [-0.05, 0) is 70.2 Å². The maximum Gasteiger partial charge on any atom is 0.501 e. The molecule has 1 atom stereocenters. The molecule has 1 saturated carbocycles. The number of hydrogen-bond acceptors (Lipinski definition) is 6. The van der Waals surface area contributed by atoms with Crippen molar-refractivity contribution >= 4 is 14.5 Å². The lowest BCUT2D eigenvalue weighted by atomic mass is 10.2. The summed E-state index contributed by atoms with van der Waals surface area (Å²) in [6, 6.07) is 9.25. The van der Waals surface area contributed by atoms with Gasteiger partial charge in [0.1, 0.15) is 5.75 Å². The van der Waals surface area contributed by atoms with Gasteiger partial charge in [-0.3, -0.25) is 0 Å². The number of nitrogens with zero attached hydrogens (tertiary/aromatic N) is 1. The molecule has 2 fully saturated rings. The maximum atomic E-state index is 5.97. The van der Waals surface area contributed by atoms with Crippen molar-refractivity contribution in [1.29, 1.82) is 0 Å². The summed E-state index contributed by atoms with van der Waals surface area (Å²) in [6.45, 7) is 11.4. The zero-order valence-corrected chi connectivity index (χ0v) is 19.2. The van der Waals surface area contributed by atoms with Crippen LogP contribution in [0.4, 0.5) is 5.69 Å². The highest BCUT2D eigenvalue weighted by molar-refractivity contribution is 6.60. The third-order valence-electron chi connectivity index (χ3n) is 5.19. The van der Waals surface area contributed by atoms with Crippen LogP contribution in [0.2, 0.25) is 6.04 Å². The maximum absolute atomic E-state index is 5.97. The highest BCUT2D eigenvalue weighted by Gasteiger charge is 2.39. The standard InChI is InChI=1S/C22H37NO5Si/c1-4-26-29(27-5-2,28-6-3)15-7-14-24-21-12-10-20(11-13-21)23(16-19-8-9-19)17-22-18-25-22/h10-13,19,22H,4-9,14-18H2,1-3H3. The van der Waals surface area contributed by atoms with Crippen LogP contribution in [0.5, 0.6) is 5.75 Å². The Bertz CT molecular complexity index is 560. The van der Waals surface area contributed by atoms with Crippen LogP contribution in [0.25, 0.3) is 0 Å². The summed E-state index contributed by atoms with van der Waals surface area (Å²) in [6.07, 6.45) is 3.98. The van der Waals surface area contributed by atoms with Gasteiger partial charge in [-0.1, -0.05) is 0 Å². The zero-order valence-electron chi connectivity index (χ0n) is 18.2. The van der Waals surface area contributed by atoms with Gasteiger partial charge in [0.25, 0.3) is 0 Å². The first-order valence-electron chi connectivity index (χ1n) is 11.2. The molecule has 0 bridgehead atoms. The first kappa shape index (κ1) is 22.6. The lowest BCUT2D eigenvalue weighted by molar-refractivity contribution is 0.0696. The van der Waals surface area contributed by atoms with Gasteiger partial charge in [-0.15, -0.1) is 0 Å². The predicted octanol–water partition coefficient (Wildman–Crippen LogP) is 4.12. The van der Waals surface area contributed by atoms with Crippen molar-refractivity contribution in [2.45, 2.75) is 52.2 Å². The van der Waals surface area contributed by atoms with Crippen molar-refractivity contribution in [3.05, 3.63) is 24.3 Å². The normalized spacial score (nSPS) is 18.7. The lowest BCUT2D eigenvalue weighted by Gasteiger charge is -2.28. The first-order valence-corrected chi connectivity index (χ1v) is 13.1. The number of anilines is 1. The van der Waals surface area contributed by atoms with E-state index in [0.717, 1.165) is 43.8 Å². The van der Waals surface area contributed by atoms with Crippen LogP contribution in [0.15, 0.2) is 24.3 Å². The molecule has 1 heterocycles. The molecule has 1 saturated heterocycles. The summed E-state index contributed by atoms with van der Waals surface area (Å²) >= 11 is 0. The summed E-state index contributed by atoms with van der Waals surface area (Å²) < 4.78 is 29.1. The molecule has 0 radical (unpaired) electrons. The second-order valence-electron chi connectivity index (χ2n) is 7.73. The summed E-state index contributed by atoms with van der Waals surface area (Å²) in [4.78, 5) is 2.46. The Labute approximate surface area is 176 Å². The molecule has 7 heteroatoms. The van der Waals surface area contributed by atoms with Gasteiger partial charge >= 0.3 is 8.80 Å². The molecule has 0 aromatic heterocycles. The van der Waals surface area contributed by atoms with E-state index in [0.29, 0.717) is 32.5 Å². The molecule has 0 N–H and O–H groups in total. The second-order valence-corrected chi connectivity index (χ2v) is 10.5. The van der Waals surface area contributed by atoms with E-state index < -0.39 is 8.80 Å². The van der Waals surface area contributed by atoms with Crippen molar-refractivity contribution < 1.29 is 22.8 Å². The number of ether oxygens (including phenoxy) is 2. The van der Waals surface area contributed by atoms with Crippen LogP contribution >= 0.6 is 0 Å². The van der Waals surface area contributed by atoms with Crippen molar-refractivity contribution in [3.63, 3.8) is 0 Å². The molecule has 1 aliphatic carbocycles. The van der Waals surface area contributed by atoms with E-state index in [-0.39, 0.29) is 0 Å². The zero-order chi connectivity index (χ0) is 20.5. The molecule has 0 spiro atoms. The monoisotopic (exact) mass is 423 g/mol. The highest BCUT2D eigenvalue weighted by Crippen LogP contribution is 2.32. The van der Waals surface area contributed by atoms with Gasteiger partial charge in [-0.2, -0.15) is 0 Å². The van der Waals surface area contributed by atoms with Crippen molar-refractivity contribution in [2.75, 3.05) is 51.0 Å². The Morgan fingerprint density at radius 3 is 2.10 bits per heavy atom. The van der Waals surface area contributed by atoms with Crippen molar-refractivity contribution in [1.82, 2.24) is 0 Å². The molecular formula is C22H37NO5Si. The molecule has 3 rings (SSSR count). The molecule has 1 aliphatic heterocycles. The van der Waals surface area contributed by atoms with Crippen molar-refractivity contribution in [3.8, 4) is 5.75 Å². The van der Waals surface area contributed by atoms with Gasteiger partial charge in [0.2, 0.25) is 0 Å². The molecule has 1 aromatic carbocycles. The predicted molar refractivity (Wildman–Crippen MR) is 117 cm³/mol. The number of hydrogen-bond donors (Lipinski definition) is 0. The number of benzene rings is 1. The van der Waals surface area contributed by atoms with Gasteiger partial charge in [0.15, 0.2) is 0 Å². The smallest absolute Gasteiger partial charge is 0.494 e. The van der Waals surface area contributed by atoms with E-state index in [1.54, 1.807) is 0 Å². The van der Waals surface area contributed by atoms with Crippen LogP contribution in [-0.4, -0.2) is 61.0 Å². The SMILES string of the molecule is CCO[Si](CCCOc1ccc(N(CC2CC2)CC2CO2)cc1)(OCC)OCC. The summed E-state index contributed by atoms with van der Waals surface area (Å²) in [5.41, 5.74) is 1.26.